The monoisotopic (exact) mass is 368 g/mol. The average molecular weight is 369 g/mol. The fourth-order valence-electron chi connectivity index (χ4n) is 1.84. The first-order chi connectivity index (χ1) is 12.0. The molecule has 136 valence electrons. The van der Waals surface area contributed by atoms with Gasteiger partial charge in [0.05, 0.1) is 6.07 Å². The molecular formula is C14H21ClN8O2. The molecule has 0 aliphatic carbocycles. The zero-order chi connectivity index (χ0) is 18.7. The number of hydrogen-bond acceptors (Lipinski definition) is 8. The lowest BCUT2D eigenvalue weighted by atomic mass is 10.2. The molecular weight excluding hydrogens is 348 g/mol. The number of halogens is 1. The maximum Gasteiger partial charge on any atom is 0.280 e. The molecule has 10 nitrogen and oxygen atoms in total. The molecule has 11 heteroatoms. The topological polar surface area (TPSA) is 176 Å². The summed E-state index contributed by atoms with van der Waals surface area (Å²) in [5.41, 5.74) is 10.8. The van der Waals surface area contributed by atoms with Crippen LogP contribution in [0, 0.1) is 16.7 Å². The summed E-state index contributed by atoms with van der Waals surface area (Å²) in [6, 6.07) is 1.91. The van der Waals surface area contributed by atoms with E-state index in [9.17, 15) is 4.79 Å². The van der Waals surface area contributed by atoms with E-state index in [1.54, 1.807) is 0 Å². The Hall–Kier alpha value is -2.64. The highest BCUT2D eigenvalue weighted by Gasteiger charge is 2.16. The van der Waals surface area contributed by atoms with Crippen molar-refractivity contribution >= 4 is 35.1 Å². The first-order valence-corrected chi connectivity index (χ1v) is 8.00. The van der Waals surface area contributed by atoms with Crippen LogP contribution in [0.1, 0.15) is 36.2 Å². The maximum absolute atomic E-state index is 12.0. The van der Waals surface area contributed by atoms with E-state index in [2.05, 4.69) is 20.6 Å². The van der Waals surface area contributed by atoms with Crippen LogP contribution in [0.15, 0.2) is 0 Å². The molecule has 0 aliphatic rings. The molecule has 0 bridgehead atoms. The van der Waals surface area contributed by atoms with Gasteiger partial charge in [-0.15, -0.1) is 0 Å². The Balaban J connectivity index is 2.23. The lowest BCUT2D eigenvalue weighted by Gasteiger charge is -2.10. The van der Waals surface area contributed by atoms with E-state index in [0.29, 0.717) is 13.2 Å². The molecule has 0 saturated carbocycles. The SMILES string of the molecule is N#CCOCCCCCCNC(=N)NC(=O)c1nc(Cl)c(N)nc1N. The Bertz CT molecular complexity index is 646. The molecule has 0 saturated heterocycles. The molecule has 1 amide bonds. The fourth-order valence-corrected chi connectivity index (χ4v) is 1.97. The molecule has 0 atom stereocenters. The van der Waals surface area contributed by atoms with E-state index in [0.717, 1.165) is 25.7 Å². The number of guanidine groups is 1. The van der Waals surface area contributed by atoms with Gasteiger partial charge in [-0.25, -0.2) is 9.97 Å². The third-order valence-electron chi connectivity index (χ3n) is 3.04. The van der Waals surface area contributed by atoms with E-state index < -0.39 is 5.91 Å². The molecule has 1 heterocycles. The van der Waals surface area contributed by atoms with Gasteiger partial charge in [-0.2, -0.15) is 5.26 Å². The van der Waals surface area contributed by atoms with Crippen molar-refractivity contribution in [3.05, 3.63) is 10.8 Å². The van der Waals surface area contributed by atoms with Crippen molar-refractivity contribution in [1.29, 1.82) is 10.7 Å². The van der Waals surface area contributed by atoms with Gasteiger partial charge in [0.1, 0.15) is 6.61 Å². The zero-order valence-corrected chi connectivity index (χ0v) is 14.4. The van der Waals surface area contributed by atoms with Crippen LogP contribution in [0.2, 0.25) is 5.15 Å². The number of nitriles is 1. The molecule has 1 aromatic heterocycles. The molecule has 7 N–H and O–H groups in total. The summed E-state index contributed by atoms with van der Waals surface area (Å²) in [5.74, 6) is -1.09. The second-order valence-electron chi connectivity index (χ2n) is 5.01. The number of ether oxygens (including phenoxy) is 1. The lowest BCUT2D eigenvalue weighted by molar-refractivity contribution is 0.0971. The van der Waals surface area contributed by atoms with Crippen LogP contribution in [0.4, 0.5) is 11.6 Å². The molecule has 0 radical (unpaired) electrons. The summed E-state index contributed by atoms with van der Waals surface area (Å²) >= 11 is 5.71. The van der Waals surface area contributed by atoms with Gasteiger partial charge in [-0.05, 0) is 12.8 Å². The smallest absolute Gasteiger partial charge is 0.280 e. The number of nitrogens with two attached hydrogens (primary N) is 2. The Labute approximate surface area is 150 Å². The van der Waals surface area contributed by atoms with E-state index in [1.807, 2.05) is 6.07 Å². The predicted molar refractivity (Wildman–Crippen MR) is 94.0 cm³/mol. The molecule has 0 aromatic carbocycles. The van der Waals surface area contributed by atoms with Crippen LogP contribution < -0.4 is 22.1 Å². The number of nitrogen functional groups attached to an aromatic ring is 2. The minimum atomic E-state index is -0.695. The van der Waals surface area contributed by atoms with E-state index in [-0.39, 0.29) is 35.0 Å². The van der Waals surface area contributed by atoms with Crippen molar-refractivity contribution in [1.82, 2.24) is 20.6 Å². The predicted octanol–water partition coefficient (Wildman–Crippen LogP) is 0.649. The molecule has 0 fully saturated rings. The Morgan fingerprint density at radius 3 is 2.68 bits per heavy atom. The van der Waals surface area contributed by atoms with Gasteiger partial charge in [-0.1, -0.05) is 24.4 Å². The van der Waals surface area contributed by atoms with Crippen molar-refractivity contribution in [3.8, 4) is 6.07 Å². The van der Waals surface area contributed by atoms with Gasteiger partial charge in [-0.3, -0.25) is 15.5 Å². The normalized spacial score (nSPS) is 10.1. The van der Waals surface area contributed by atoms with Crippen LogP contribution in [0.3, 0.4) is 0 Å². The van der Waals surface area contributed by atoms with Crippen LogP contribution in [-0.2, 0) is 4.74 Å². The fraction of sp³-hybridized carbons (Fsp3) is 0.500. The van der Waals surface area contributed by atoms with E-state index in [4.69, 9.17) is 38.5 Å². The number of amides is 1. The van der Waals surface area contributed by atoms with E-state index in [1.165, 1.54) is 0 Å². The highest BCUT2D eigenvalue weighted by atomic mass is 35.5. The number of carbonyl (C=O) groups excluding carboxylic acids is 1. The second kappa shape index (κ2) is 11.0. The minimum Gasteiger partial charge on any atom is -0.382 e. The van der Waals surface area contributed by atoms with Crippen molar-refractivity contribution in [2.45, 2.75) is 25.7 Å². The molecule has 0 spiro atoms. The average Bonchev–Trinajstić information content (AvgIpc) is 2.56. The van der Waals surface area contributed by atoms with Crippen molar-refractivity contribution in [2.24, 2.45) is 0 Å². The third kappa shape index (κ3) is 7.65. The molecule has 1 aromatic rings. The van der Waals surface area contributed by atoms with Gasteiger partial charge in [0.2, 0.25) is 0 Å². The zero-order valence-electron chi connectivity index (χ0n) is 13.6. The third-order valence-corrected chi connectivity index (χ3v) is 3.32. The number of nitrogens with zero attached hydrogens (tertiary/aromatic N) is 3. The van der Waals surface area contributed by atoms with Crippen molar-refractivity contribution < 1.29 is 9.53 Å². The van der Waals surface area contributed by atoms with Crippen LogP contribution >= 0.6 is 11.6 Å². The summed E-state index contributed by atoms with van der Waals surface area (Å²) < 4.78 is 5.04. The Morgan fingerprint density at radius 2 is 1.96 bits per heavy atom. The number of carbonyl (C=O) groups is 1. The molecule has 25 heavy (non-hydrogen) atoms. The number of unbranched alkanes of at least 4 members (excludes halogenated alkanes) is 3. The number of anilines is 2. The van der Waals surface area contributed by atoms with Crippen molar-refractivity contribution in [3.63, 3.8) is 0 Å². The largest absolute Gasteiger partial charge is 0.382 e. The summed E-state index contributed by atoms with van der Waals surface area (Å²) in [6.45, 7) is 1.22. The molecule has 0 unspecified atom stereocenters. The highest BCUT2D eigenvalue weighted by Crippen LogP contribution is 2.17. The summed E-state index contributed by atoms with van der Waals surface area (Å²) in [6.07, 6.45) is 3.61. The first kappa shape index (κ1) is 20.4. The highest BCUT2D eigenvalue weighted by molar-refractivity contribution is 6.31. The summed E-state index contributed by atoms with van der Waals surface area (Å²) in [5, 5.41) is 20.9. The van der Waals surface area contributed by atoms with Crippen LogP contribution in [0.5, 0.6) is 0 Å². The molecule has 0 aliphatic heterocycles. The summed E-state index contributed by atoms with van der Waals surface area (Å²) in [7, 11) is 0. The number of nitrogens with one attached hydrogen (secondary N) is 3. The minimum absolute atomic E-state index is 0.0676. The van der Waals surface area contributed by atoms with Crippen LogP contribution in [-0.4, -0.2) is 41.6 Å². The van der Waals surface area contributed by atoms with Crippen molar-refractivity contribution in [2.75, 3.05) is 31.2 Å². The quantitative estimate of drug-likeness (QED) is 0.239. The van der Waals surface area contributed by atoms with Gasteiger partial charge in [0.15, 0.2) is 28.4 Å². The van der Waals surface area contributed by atoms with Gasteiger partial charge in [0, 0.05) is 13.2 Å². The maximum atomic E-state index is 12.0. The van der Waals surface area contributed by atoms with E-state index >= 15 is 0 Å². The number of rotatable bonds is 9. The Kier molecular flexibility index (Phi) is 8.99. The van der Waals surface area contributed by atoms with Crippen LogP contribution in [0.25, 0.3) is 0 Å². The second-order valence-corrected chi connectivity index (χ2v) is 5.37. The van der Waals surface area contributed by atoms with Gasteiger partial charge >= 0.3 is 0 Å². The lowest BCUT2D eigenvalue weighted by Crippen LogP contribution is -2.41. The standard InChI is InChI=1S/C14H21ClN8O2/c15-10-12(18)22-11(17)9(21-10)13(24)23-14(19)20-6-3-1-2-4-7-25-8-5-16/h1-4,6-8H2,(H4,17,18,22)(H3,19,20,23,24). The Morgan fingerprint density at radius 1 is 1.24 bits per heavy atom. The number of hydrogen-bond donors (Lipinski definition) is 5. The summed E-state index contributed by atoms with van der Waals surface area (Å²) in [4.78, 5) is 19.5. The molecule has 1 rings (SSSR count). The van der Waals surface area contributed by atoms with Gasteiger partial charge in [0.25, 0.3) is 5.91 Å². The first-order valence-electron chi connectivity index (χ1n) is 7.62. The number of aromatic nitrogens is 2. The van der Waals surface area contributed by atoms with Gasteiger partial charge < -0.3 is 21.5 Å².